The van der Waals surface area contributed by atoms with E-state index >= 15 is 0 Å². The Labute approximate surface area is 269 Å². The van der Waals surface area contributed by atoms with Crippen molar-refractivity contribution in [3.63, 3.8) is 0 Å². The van der Waals surface area contributed by atoms with E-state index in [4.69, 9.17) is 27.6 Å². The summed E-state index contributed by atoms with van der Waals surface area (Å²) >= 11 is 13.1. The molecule has 3 amide bonds. The number of rotatable bonds is 6. The molecule has 0 aliphatic rings. The van der Waals surface area contributed by atoms with Crippen molar-refractivity contribution in [1.82, 2.24) is 30.2 Å². The van der Waals surface area contributed by atoms with E-state index < -0.39 is 23.2 Å². The van der Waals surface area contributed by atoms with Gasteiger partial charge in [0, 0.05) is 39.5 Å². The van der Waals surface area contributed by atoms with Crippen LogP contribution in [0.4, 0.5) is 27.0 Å². The van der Waals surface area contributed by atoms with E-state index in [1.54, 1.807) is 69.4 Å². The number of nitrogens with zero attached hydrogens (tertiary/aromatic N) is 5. The monoisotopic (exact) mass is 650 g/mol. The van der Waals surface area contributed by atoms with Crippen LogP contribution in [0, 0.1) is 0 Å². The minimum absolute atomic E-state index is 0.00126. The summed E-state index contributed by atoms with van der Waals surface area (Å²) in [5.74, 6) is 0.734. The molecule has 5 rings (SSSR count). The van der Waals surface area contributed by atoms with Gasteiger partial charge in [-0.25, -0.2) is 24.5 Å². The zero-order chi connectivity index (χ0) is 32.7. The van der Waals surface area contributed by atoms with Gasteiger partial charge in [0.15, 0.2) is 11.2 Å². The molecule has 0 atom stereocenters. The topological polar surface area (TPSA) is 158 Å². The summed E-state index contributed by atoms with van der Waals surface area (Å²) in [7, 11) is 0. The number of hydrogen-bond donors (Lipinski definition) is 4. The largest absolute Gasteiger partial charge is 0.465 e. The van der Waals surface area contributed by atoms with Gasteiger partial charge in [-0.1, -0.05) is 29.3 Å². The number of carboxylic acid groups (broad SMARTS) is 1. The quantitative estimate of drug-likeness (QED) is 0.142. The molecular weight excluding hydrogens is 619 g/mol. The second-order valence-corrected chi connectivity index (χ2v) is 13.2. The molecule has 0 saturated carbocycles. The van der Waals surface area contributed by atoms with Gasteiger partial charge in [0.05, 0.1) is 10.0 Å². The van der Waals surface area contributed by atoms with Crippen molar-refractivity contribution < 1.29 is 19.1 Å². The van der Waals surface area contributed by atoms with E-state index in [1.807, 2.05) is 20.8 Å². The Kier molecular flexibility index (Phi) is 8.47. The van der Waals surface area contributed by atoms with Crippen LogP contribution in [0.1, 0.15) is 47.4 Å². The normalized spacial score (nSPS) is 11.9. The van der Waals surface area contributed by atoms with Gasteiger partial charge in [-0.15, -0.1) is 0 Å². The molecule has 0 saturated heterocycles. The van der Waals surface area contributed by atoms with Crippen LogP contribution in [0.2, 0.25) is 10.0 Å². The van der Waals surface area contributed by atoms with Crippen molar-refractivity contribution in [2.45, 2.75) is 59.2 Å². The highest BCUT2D eigenvalue weighted by Gasteiger charge is 2.28. The number of pyridine rings is 1. The van der Waals surface area contributed by atoms with Crippen LogP contribution >= 0.6 is 23.2 Å². The number of aromatic nitrogens is 4. The smallest absolute Gasteiger partial charge is 0.408 e. The molecule has 14 heteroatoms. The van der Waals surface area contributed by atoms with Crippen LogP contribution in [0.15, 0.2) is 53.1 Å². The maximum atomic E-state index is 12.9. The number of benzene rings is 2. The molecule has 0 spiro atoms. The number of fused-ring (bicyclic) bond motifs is 2. The number of halogens is 2. The molecule has 4 N–H and O–H groups in total. The molecule has 0 radical (unpaired) electrons. The van der Waals surface area contributed by atoms with Crippen LogP contribution in [-0.4, -0.2) is 53.1 Å². The summed E-state index contributed by atoms with van der Waals surface area (Å²) in [5, 5.41) is 19.8. The van der Waals surface area contributed by atoms with Crippen molar-refractivity contribution in [1.29, 1.82) is 0 Å². The van der Waals surface area contributed by atoms with Crippen molar-refractivity contribution >= 4 is 74.9 Å². The Hall–Kier alpha value is -4.68. The molecular formula is C31H32Cl2N8O4. The standard InChI is InChI=1S/C31H32Cl2N8O4/c1-30(2,3)40-28(42)39-26-18(24-19(32)8-7-9-20(24)33)12-16-14-34-27(38-25(16)37-26)35-17-10-11-22-21(13-17)36-23(45-22)15-41(29(43)44)31(4,5)6/h7-14H,15H2,1-6H3,(H,43,44)(H3,34,35,37,38,39,40,42). The first-order chi connectivity index (χ1) is 21.1. The summed E-state index contributed by atoms with van der Waals surface area (Å²) in [6, 6.07) is 11.7. The Bertz CT molecular complexity index is 1910. The van der Waals surface area contributed by atoms with Crippen LogP contribution in [-0.2, 0) is 6.54 Å². The number of carbonyl (C=O) groups is 2. The Balaban J connectivity index is 1.47. The lowest BCUT2D eigenvalue weighted by Gasteiger charge is -2.31. The van der Waals surface area contributed by atoms with Gasteiger partial charge >= 0.3 is 12.1 Å². The highest BCUT2D eigenvalue weighted by atomic mass is 35.5. The van der Waals surface area contributed by atoms with Gasteiger partial charge < -0.3 is 20.2 Å². The van der Waals surface area contributed by atoms with Gasteiger partial charge in [-0.05, 0) is 77.9 Å². The second-order valence-electron chi connectivity index (χ2n) is 12.4. The first-order valence-electron chi connectivity index (χ1n) is 14.0. The molecule has 3 heterocycles. The average molecular weight is 652 g/mol. The fourth-order valence-electron chi connectivity index (χ4n) is 4.52. The molecule has 0 aliphatic carbocycles. The second kappa shape index (κ2) is 12.0. The van der Waals surface area contributed by atoms with E-state index in [9.17, 15) is 14.7 Å². The molecule has 0 fully saturated rings. The fourth-order valence-corrected chi connectivity index (χ4v) is 5.12. The first-order valence-corrected chi connectivity index (χ1v) is 14.7. The summed E-state index contributed by atoms with van der Waals surface area (Å²) in [5.41, 5.74) is 1.87. The van der Waals surface area contributed by atoms with E-state index in [-0.39, 0.29) is 24.2 Å². The zero-order valence-electron chi connectivity index (χ0n) is 25.5. The third-order valence-electron chi connectivity index (χ3n) is 6.54. The van der Waals surface area contributed by atoms with E-state index in [0.717, 1.165) is 0 Å². The number of anilines is 3. The zero-order valence-corrected chi connectivity index (χ0v) is 27.0. The lowest BCUT2D eigenvalue weighted by atomic mass is 10.0. The highest BCUT2D eigenvalue weighted by molar-refractivity contribution is 6.39. The third kappa shape index (κ3) is 7.35. The predicted octanol–water partition coefficient (Wildman–Crippen LogP) is 8.08. The van der Waals surface area contributed by atoms with Crippen LogP contribution in [0.25, 0.3) is 33.3 Å². The molecule has 45 heavy (non-hydrogen) atoms. The average Bonchev–Trinajstić information content (AvgIpc) is 3.32. The maximum absolute atomic E-state index is 12.9. The Morgan fingerprint density at radius 2 is 1.69 bits per heavy atom. The summed E-state index contributed by atoms with van der Waals surface area (Å²) in [4.78, 5) is 44.0. The van der Waals surface area contributed by atoms with Crippen LogP contribution < -0.4 is 16.0 Å². The molecule has 234 valence electrons. The van der Waals surface area contributed by atoms with Gasteiger partial charge in [0.1, 0.15) is 17.9 Å². The number of amides is 3. The number of oxazole rings is 1. The van der Waals surface area contributed by atoms with Gasteiger partial charge in [-0.3, -0.25) is 10.2 Å². The Morgan fingerprint density at radius 1 is 0.978 bits per heavy atom. The molecule has 12 nitrogen and oxygen atoms in total. The SMILES string of the molecule is CC(C)(C)NC(=O)Nc1nc2nc(Nc3ccc4oc(CN(C(=O)O)C(C)(C)C)nc4c3)ncc2cc1-c1c(Cl)cccc1Cl. The molecule has 2 aromatic carbocycles. The van der Waals surface area contributed by atoms with Crippen molar-refractivity contribution in [2.75, 3.05) is 10.6 Å². The fraction of sp³-hybridized carbons (Fsp3) is 0.290. The summed E-state index contributed by atoms with van der Waals surface area (Å²) in [6.45, 7) is 11.0. The molecule has 3 aromatic heterocycles. The Morgan fingerprint density at radius 3 is 2.33 bits per heavy atom. The molecule has 0 aliphatic heterocycles. The predicted molar refractivity (Wildman–Crippen MR) is 175 cm³/mol. The minimum Gasteiger partial charge on any atom is -0.465 e. The van der Waals surface area contributed by atoms with E-state index in [1.165, 1.54) is 4.90 Å². The number of urea groups is 1. The van der Waals surface area contributed by atoms with Crippen molar-refractivity contribution in [2.24, 2.45) is 0 Å². The molecule has 0 bridgehead atoms. The van der Waals surface area contributed by atoms with Crippen molar-refractivity contribution in [3.8, 4) is 11.1 Å². The van der Waals surface area contributed by atoms with E-state index in [0.29, 0.717) is 49.0 Å². The van der Waals surface area contributed by atoms with Gasteiger partial charge in [-0.2, -0.15) is 4.98 Å². The number of hydrogen-bond acceptors (Lipinski definition) is 8. The highest BCUT2D eigenvalue weighted by Crippen LogP contribution is 2.39. The number of nitrogens with one attached hydrogen (secondary N) is 3. The van der Waals surface area contributed by atoms with E-state index in [2.05, 4.69) is 35.9 Å². The lowest BCUT2D eigenvalue weighted by Crippen LogP contribution is -2.44. The number of carbonyl (C=O) groups excluding carboxylic acids is 1. The van der Waals surface area contributed by atoms with Crippen molar-refractivity contribution in [3.05, 3.63) is 64.6 Å². The lowest BCUT2D eigenvalue weighted by molar-refractivity contribution is 0.0898. The summed E-state index contributed by atoms with van der Waals surface area (Å²) in [6.07, 6.45) is 0.537. The maximum Gasteiger partial charge on any atom is 0.408 e. The third-order valence-corrected chi connectivity index (χ3v) is 7.17. The van der Waals surface area contributed by atoms with Crippen LogP contribution in [0.5, 0.6) is 0 Å². The summed E-state index contributed by atoms with van der Waals surface area (Å²) < 4.78 is 5.80. The minimum atomic E-state index is -1.07. The first kappa shape index (κ1) is 31.7. The molecule has 5 aromatic rings. The van der Waals surface area contributed by atoms with Gasteiger partial charge in [0.2, 0.25) is 11.8 Å². The van der Waals surface area contributed by atoms with Gasteiger partial charge in [0.25, 0.3) is 0 Å². The van der Waals surface area contributed by atoms with Crippen LogP contribution in [0.3, 0.4) is 0 Å². The molecule has 0 unspecified atom stereocenters.